The lowest BCUT2D eigenvalue weighted by Gasteiger charge is -2.41. The number of nitrogens with zero attached hydrogens (tertiary/aromatic N) is 7. The third-order valence-electron chi connectivity index (χ3n) is 5.82. The van der Waals surface area contributed by atoms with Crippen molar-refractivity contribution in [2.75, 3.05) is 31.1 Å². The van der Waals surface area contributed by atoms with Gasteiger partial charge in [0.2, 0.25) is 11.9 Å². The molecule has 160 valence electrons. The summed E-state index contributed by atoms with van der Waals surface area (Å²) < 4.78 is 1.77. The molecule has 3 aromatic heterocycles. The fraction of sp³-hybridized carbons (Fsp3) is 0.409. The number of hydrogen-bond acceptors (Lipinski definition) is 7. The molecule has 0 bridgehead atoms. The second-order valence-electron chi connectivity index (χ2n) is 8.18. The van der Waals surface area contributed by atoms with Crippen LogP contribution in [-0.4, -0.2) is 67.5 Å². The highest BCUT2D eigenvalue weighted by Crippen LogP contribution is 2.28. The summed E-state index contributed by atoms with van der Waals surface area (Å²) in [5.74, 6) is 2.00. The number of amides is 1. The number of imidazole rings is 1. The Morgan fingerprint density at radius 3 is 2.84 bits per heavy atom. The number of carbonyl (C=O) groups is 1. The maximum atomic E-state index is 13.2. The number of carbonyl (C=O) groups excluding carboxylic acids is 1. The molecule has 0 aromatic carbocycles. The van der Waals surface area contributed by atoms with Crippen molar-refractivity contribution in [1.29, 1.82) is 0 Å². The van der Waals surface area contributed by atoms with Gasteiger partial charge in [-0.15, -0.1) is 0 Å². The Hall–Kier alpha value is -3.33. The highest BCUT2D eigenvalue weighted by atomic mass is 16.2. The summed E-state index contributed by atoms with van der Waals surface area (Å²) in [4.78, 5) is 34.9. The molecule has 1 N–H and O–H groups in total. The zero-order valence-corrected chi connectivity index (χ0v) is 17.3. The fourth-order valence-corrected chi connectivity index (χ4v) is 3.92. The first-order valence-electron chi connectivity index (χ1n) is 10.7. The van der Waals surface area contributed by atoms with Crippen LogP contribution in [0.5, 0.6) is 0 Å². The van der Waals surface area contributed by atoms with Crippen molar-refractivity contribution < 1.29 is 4.79 Å². The number of rotatable bonds is 7. The molecular weight excluding hydrogens is 392 g/mol. The normalized spacial score (nSPS) is 19.4. The largest absolute Gasteiger partial charge is 0.354 e. The molecule has 3 aromatic rings. The molecule has 0 radical (unpaired) electrons. The maximum absolute atomic E-state index is 13.2. The first-order chi connectivity index (χ1) is 15.3. The topological polar surface area (TPSA) is 92.1 Å². The Morgan fingerprint density at radius 2 is 2.06 bits per heavy atom. The van der Waals surface area contributed by atoms with Crippen LogP contribution >= 0.6 is 0 Å². The van der Waals surface area contributed by atoms with Gasteiger partial charge in [-0.2, -0.15) is 4.98 Å². The molecule has 1 unspecified atom stereocenters. The van der Waals surface area contributed by atoms with Gasteiger partial charge < -0.3 is 10.2 Å². The van der Waals surface area contributed by atoms with Gasteiger partial charge in [0, 0.05) is 63.7 Å². The predicted molar refractivity (Wildman–Crippen MR) is 116 cm³/mol. The van der Waals surface area contributed by atoms with E-state index in [2.05, 4.69) is 36.1 Å². The first kappa shape index (κ1) is 19.6. The van der Waals surface area contributed by atoms with E-state index in [9.17, 15) is 4.79 Å². The third-order valence-corrected chi connectivity index (χ3v) is 5.82. The van der Waals surface area contributed by atoms with E-state index in [1.807, 2.05) is 24.5 Å². The van der Waals surface area contributed by atoms with Crippen LogP contribution in [0.25, 0.3) is 5.95 Å². The minimum Gasteiger partial charge on any atom is -0.354 e. The molecule has 2 fully saturated rings. The molecule has 5 rings (SSSR count). The second kappa shape index (κ2) is 8.81. The average Bonchev–Trinajstić information content (AvgIpc) is 3.48. The fourth-order valence-electron chi connectivity index (χ4n) is 3.92. The van der Waals surface area contributed by atoms with E-state index in [1.54, 1.807) is 29.5 Å². The molecule has 1 aliphatic heterocycles. The van der Waals surface area contributed by atoms with Gasteiger partial charge >= 0.3 is 0 Å². The van der Waals surface area contributed by atoms with Gasteiger partial charge in [0.15, 0.2) is 0 Å². The van der Waals surface area contributed by atoms with E-state index in [0.29, 0.717) is 25.0 Å². The summed E-state index contributed by atoms with van der Waals surface area (Å²) in [6.07, 6.45) is 13.0. The molecule has 2 aliphatic rings. The molecule has 1 aliphatic carbocycles. The van der Waals surface area contributed by atoms with Crippen molar-refractivity contribution in [3.8, 4) is 5.95 Å². The number of pyridine rings is 1. The van der Waals surface area contributed by atoms with Crippen molar-refractivity contribution in [1.82, 2.24) is 34.7 Å². The van der Waals surface area contributed by atoms with Crippen LogP contribution < -0.4 is 10.2 Å². The van der Waals surface area contributed by atoms with Crippen LogP contribution in [0.15, 0.2) is 55.5 Å². The van der Waals surface area contributed by atoms with E-state index in [0.717, 1.165) is 31.0 Å². The molecule has 0 spiro atoms. The lowest BCUT2D eigenvalue weighted by molar-refractivity contribution is -0.123. The minimum atomic E-state index is -0.310. The standard InChI is InChI=1S/C22H26N8O/c31-21(26-13-17-3-4-17)19-15-28(14-18-2-1-6-23-12-18)10-11-30(19)20-5-7-25-22(27-20)29-9-8-24-16-29/h1-2,5-9,12,16-17,19H,3-4,10-11,13-15H2,(H,26,31). The number of hydrogen-bond donors (Lipinski definition) is 1. The molecule has 4 heterocycles. The molecule has 1 amide bonds. The number of nitrogens with one attached hydrogen (secondary N) is 1. The lowest BCUT2D eigenvalue weighted by Crippen LogP contribution is -2.59. The molecule has 31 heavy (non-hydrogen) atoms. The first-order valence-corrected chi connectivity index (χ1v) is 10.7. The van der Waals surface area contributed by atoms with Crippen molar-refractivity contribution in [3.05, 3.63) is 61.1 Å². The summed E-state index contributed by atoms with van der Waals surface area (Å²) in [5, 5.41) is 3.16. The van der Waals surface area contributed by atoms with Gasteiger partial charge in [-0.05, 0) is 36.5 Å². The molecule has 1 saturated carbocycles. The van der Waals surface area contributed by atoms with E-state index in [1.165, 1.54) is 12.8 Å². The Kier molecular flexibility index (Phi) is 5.57. The highest BCUT2D eigenvalue weighted by Gasteiger charge is 2.34. The molecule has 1 saturated heterocycles. The monoisotopic (exact) mass is 418 g/mol. The van der Waals surface area contributed by atoms with Crippen molar-refractivity contribution in [3.63, 3.8) is 0 Å². The Morgan fingerprint density at radius 1 is 1.13 bits per heavy atom. The van der Waals surface area contributed by atoms with E-state index < -0.39 is 0 Å². The lowest BCUT2D eigenvalue weighted by atomic mass is 10.1. The van der Waals surface area contributed by atoms with Gasteiger partial charge in [-0.1, -0.05) is 6.07 Å². The summed E-state index contributed by atoms with van der Waals surface area (Å²) >= 11 is 0. The summed E-state index contributed by atoms with van der Waals surface area (Å²) in [5.41, 5.74) is 1.15. The quantitative estimate of drug-likeness (QED) is 0.618. The van der Waals surface area contributed by atoms with Crippen molar-refractivity contribution >= 4 is 11.7 Å². The van der Waals surface area contributed by atoms with Crippen LogP contribution in [0.1, 0.15) is 18.4 Å². The number of aromatic nitrogens is 5. The van der Waals surface area contributed by atoms with Crippen LogP contribution in [-0.2, 0) is 11.3 Å². The van der Waals surface area contributed by atoms with E-state index >= 15 is 0 Å². The Bertz CT molecular complexity index is 1010. The summed E-state index contributed by atoms with van der Waals surface area (Å²) in [6, 6.07) is 5.58. The predicted octanol–water partition coefficient (Wildman–Crippen LogP) is 1.27. The van der Waals surface area contributed by atoms with Crippen molar-refractivity contribution in [2.24, 2.45) is 5.92 Å². The zero-order valence-electron chi connectivity index (χ0n) is 17.3. The zero-order chi connectivity index (χ0) is 21.0. The smallest absolute Gasteiger partial charge is 0.244 e. The average molecular weight is 419 g/mol. The molecular formula is C22H26N8O. The van der Waals surface area contributed by atoms with Crippen LogP contribution in [0.2, 0.25) is 0 Å². The minimum absolute atomic E-state index is 0.0607. The van der Waals surface area contributed by atoms with Crippen LogP contribution in [0, 0.1) is 5.92 Å². The summed E-state index contributed by atoms with van der Waals surface area (Å²) in [6.45, 7) is 3.72. The van der Waals surface area contributed by atoms with Gasteiger partial charge in [0.1, 0.15) is 18.2 Å². The molecule has 9 heteroatoms. The third kappa shape index (κ3) is 4.72. The second-order valence-corrected chi connectivity index (χ2v) is 8.18. The van der Waals surface area contributed by atoms with E-state index in [4.69, 9.17) is 4.98 Å². The number of anilines is 1. The maximum Gasteiger partial charge on any atom is 0.244 e. The Labute approximate surface area is 181 Å². The SMILES string of the molecule is O=C(NCC1CC1)C1CN(Cc2cccnc2)CCN1c1ccnc(-n2ccnc2)n1. The van der Waals surface area contributed by atoms with Gasteiger partial charge in [0.25, 0.3) is 0 Å². The summed E-state index contributed by atoms with van der Waals surface area (Å²) in [7, 11) is 0. The van der Waals surface area contributed by atoms with Crippen molar-refractivity contribution in [2.45, 2.75) is 25.4 Å². The van der Waals surface area contributed by atoms with Crippen LogP contribution in [0.3, 0.4) is 0 Å². The van der Waals surface area contributed by atoms with Gasteiger partial charge in [-0.25, -0.2) is 9.97 Å². The van der Waals surface area contributed by atoms with E-state index in [-0.39, 0.29) is 11.9 Å². The Balaban J connectivity index is 1.36. The molecule has 9 nitrogen and oxygen atoms in total. The highest BCUT2D eigenvalue weighted by molar-refractivity contribution is 5.85. The van der Waals surface area contributed by atoms with Crippen LogP contribution in [0.4, 0.5) is 5.82 Å². The molecule has 1 atom stereocenters. The van der Waals surface area contributed by atoms with Gasteiger partial charge in [0.05, 0.1) is 0 Å². The van der Waals surface area contributed by atoms with Gasteiger partial charge in [-0.3, -0.25) is 19.2 Å². The number of piperazine rings is 1.